The van der Waals surface area contributed by atoms with E-state index >= 15 is 0 Å². The molecule has 0 aliphatic heterocycles. The number of carbonyl (C=O) groups excluding carboxylic acids is 2. The third kappa shape index (κ3) is 71.3. The third-order valence-electron chi connectivity index (χ3n) is 0.856. The summed E-state index contributed by atoms with van der Waals surface area (Å²) in [6, 6.07) is 0. The van der Waals surface area contributed by atoms with Crippen molar-refractivity contribution in [2.24, 2.45) is 11.5 Å². The molecule has 0 unspecified atom stereocenters. The molecule has 144 valence electrons. The summed E-state index contributed by atoms with van der Waals surface area (Å²) in [5.41, 5.74) is 9.81. The molecule has 0 aliphatic rings. The molecule has 0 rings (SSSR count). The van der Waals surface area contributed by atoms with Crippen LogP contribution in [0.2, 0.25) is 0 Å². The number of halogens is 8. The molecule has 0 saturated heterocycles. The van der Waals surface area contributed by atoms with Crippen LogP contribution < -0.4 is 69.6 Å². The first-order chi connectivity index (χ1) is 8.75. The van der Waals surface area contributed by atoms with Gasteiger partial charge in [-0.3, -0.25) is 0 Å². The van der Waals surface area contributed by atoms with Gasteiger partial charge in [0.15, 0.2) is 0 Å². The molecule has 0 bridgehead atoms. The van der Waals surface area contributed by atoms with E-state index in [9.17, 15) is 46.1 Å². The predicted molar refractivity (Wildman–Crippen MR) is 49.5 cm³/mol. The van der Waals surface area contributed by atoms with Crippen molar-refractivity contribution in [3.05, 3.63) is 0 Å². The molecule has 0 aromatic rings. The minimum Gasteiger partial charge on any atom is -1.00 e. The van der Waals surface area contributed by atoms with E-state index in [2.05, 4.69) is 0 Å². The van der Waals surface area contributed by atoms with Gasteiger partial charge in [-0.25, -0.2) is 0 Å². The normalized spacial score (nSPS) is 9.22. The first-order valence-corrected chi connectivity index (χ1v) is 4.68. The van der Waals surface area contributed by atoms with E-state index in [0.717, 1.165) is 0 Å². The van der Waals surface area contributed by atoms with Crippen molar-refractivity contribution >= 4 is 11.9 Å². The van der Waals surface area contributed by atoms with E-state index in [4.69, 9.17) is 11.5 Å². The van der Waals surface area contributed by atoms with Crippen molar-refractivity contribution in [2.75, 3.05) is 13.1 Å². The van der Waals surface area contributed by atoms with Crippen LogP contribution in [0.25, 0.3) is 0 Å². The number of rotatable bonds is 3. The number of aliphatic carboxylic acids is 2. The van der Waals surface area contributed by atoms with E-state index in [-0.39, 0.29) is 69.0 Å². The summed E-state index contributed by atoms with van der Waals surface area (Å²) in [6.45, 7) is 1.19. The number of nitrogens with two attached hydrogens (primary N) is 2. The zero-order valence-corrected chi connectivity index (χ0v) is 17.5. The minimum absolute atomic E-state index is 0. The Labute approximate surface area is 176 Å². The maximum absolute atomic E-state index is 10.9. The van der Waals surface area contributed by atoms with Crippen LogP contribution in [0.1, 0.15) is 12.8 Å². The van der Waals surface area contributed by atoms with E-state index in [1.807, 2.05) is 0 Å². The molecule has 15 heteroatoms. The van der Waals surface area contributed by atoms with E-state index < -0.39 is 37.1 Å². The zero-order chi connectivity index (χ0) is 17.0. The Kier molecular flexibility index (Phi) is 34.9. The van der Waals surface area contributed by atoms with Crippen LogP contribution in [-0.2, 0) is 30.7 Å². The second-order valence-corrected chi connectivity index (χ2v) is 2.91. The van der Waals surface area contributed by atoms with Gasteiger partial charge in [0.1, 0.15) is 0 Å². The van der Waals surface area contributed by atoms with Gasteiger partial charge in [0.05, 0.1) is 24.8 Å². The van der Waals surface area contributed by atoms with Crippen molar-refractivity contribution in [1.82, 2.24) is 0 Å². The summed E-state index contributed by atoms with van der Waals surface area (Å²) in [7, 11) is 0. The molecule has 0 saturated carbocycles. The Morgan fingerprint density at radius 3 is 0.913 bits per heavy atom. The Bertz CT molecular complexity index is 267. The summed E-state index contributed by atoms with van der Waals surface area (Å²) >= 11 is 0. The van der Waals surface area contributed by atoms with Gasteiger partial charge < -0.3 is 79.2 Å². The summed E-state index contributed by atoms with van der Waals surface area (Å²) in [5, 5.41) is 18.4. The summed E-state index contributed by atoms with van der Waals surface area (Å²) in [4.78, 5) is 18.4. The van der Waals surface area contributed by atoms with E-state index in [1.165, 1.54) is 0 Å². The molecule has 0 amide bonds. The van der Waals surface area contributed by atoms with Gasteiger partial charge in [0.25, 0.3) is 0 Å². The maximum Gasteiger partial charge on any atom is 4.00 e. The van der Waals surface area contributed by atoms with Crippen LogP contribution >= 0.6 is 0 Å². The van der Waals surface area contributed by atoms with Gasteiger partial charge in [-0.2, -0.15) is 26.3 Å². The van der Waals surface area contributed by atoms with Gasteiger partial charge in [0.2, 0.25) is 0 Å². The summed E-state index contributed by atoms with van der Waals surface area (Å²) < 4.78 is 65.3. The van der Waals surface area contributed by atoms with Crippen LogP contribution in [0.5, 0.6) is 0 Å². The Morgan fingerprint density at radius 2 is 0.913 bits per heavy atom. The van der Waals surface area contributed by atoms with Crippen molar-refractivity contribution in [1.29, 1.82) is 0 Å². The monoisotopic (exact) mass is 763 g/mol. The second kappa shape index (κ2) is 20.6. The maximum atomic E-state index is 10.9. The van der Waals surface area contributed by atoms with Gasteiger partial charge in [0, 0.05) is 13.1 Å². The molecule has 0 aromatic heterocycles. The number of alkyl halides is 6. The first kappa shape index (κ1) is 38.9. The molecular formula is C8H12F6I2N2O4Pt. The van der Waals surface area contributed by atoms with Crippen LogP contribution in [0, 0.1) is 0 Å². The third-order valence-corrected chi connectivity index (χ3v) is 0.856. The molecule has 6 nitrogen and oxygen atoms in total. The summed E-state index contributed by atoms with van der Waals surface area (Å²) in [5.74, 6) is -4.20. The molecule has 0 atom stereocenters. The fourth-order valence-electron chi connectivity index (χ4n) is 0.327. The van der Waals surface area contributed by atoms with Gasteiger partial charge in [-0.1, -0.05) is 0 Å². The molecular weight excluding hydrogens is 751 g/mol. The number of hydrogen-bond donors (Lipinski definition) is 2. The smallest absolute Gasteiger partial charge is 1.00 e. The number of carboxylic acids is 2. The zero-order valence-electron chi connectivity index (χ0n) is 11.0. The molecule has 0 fully saturated rings. The van der Waals surface area contributed by atoms with Crippen molar-refractivity contribution in [3.63, 3.8) is 0 Å². The van der Waals surface area contributed by atoms with Gasteiger partial charge in [-0.15, -0.1) is 0 Å². The number of carbonyl (C=O) groups is 2. The van der Waals surface area contributed by atoms with Crippen molar-refractivity contribution in [2.45, 2.75) is 25.2 Å². The topological polar surface area (TPSA) is 132 Å². The van der Waals surface area contributed by atoms with Gasteiger partial charge in [-0.05, 0) is 0 Å². The van der Waals surface area contributed by atoms with Crippen LogP contribution in [0.4, 0.5) is 26.3 Å². The Balaban J connectivity index is -0.0000000464. The molecule has 23 heavy (non-hydrogen) atoms. The van der Waals surface area contributed by atoms with Crippen LogP contribution in [0.3, 0.4) is 0 Å². The SMILES string of the molecule is NCCN.O=C([O-])CC(F)(F)F.O=C([O-])CC(F)(F)F.[I-].[I-].[Pt+4]. The van der Waals surface area contributed by atoms with Gasteiger partial charge >= 0.3 is 33.4 Å². The standard InChI is InChI=1S/2C3H3F3O2.C2H8N2.2HI.Pt/c2*4-3(5,6)1-2(7)8;3-1-2-4;;;/h2*1H2,(H,7,8);1-4H2;2*1H;/q;;;;;+4/p-4. The quantitative estimate of drug-likeness (QED) is 0.217. The molecule has 4 N–H and O–H groups in total. The van der Waals surface area contributed by atoms with E-state index in [0.29, 0.717) is 13.1 Å². The van der Waals surface area contributed by atoms with Crippen molar-refractivity contribution < 1.29 is 115 Å². The number of carboxylic acid groups (broad SMARTS) is 2. The Hall–Kier alpha value is 0.588. The average molecular weight is 763 g/mol. The largest absolute Gasteiger partial charge is 4.00 e. The Morgan fingerprint density at radius 1 is 0.739 bits per heavy atom. The number of hydrogen-bond acceptors (Lipinski definition) is 6. The first-order valence-electron chi connectivity index (χ1n) is 4.68. The predicted octanol–water partition coefficient (Wildman–Crippen LogP) is -7.71. The molecule has 0 spiro atoms. The van der Waals surface area contributed by atoms with Crippen molar-refractivity contribution in [3.8, 4) is 0 Å². The molecule has 0 radical (unpaired) electrons. The van der Waals surface area contributed by atoms with E-state index in [1.54, 1.807) is 0 Å². The second-order valence-electron chi connectivity index (χ2n) is 2.91. The summed E-state index contributed by atoms with van der Waals surface area (Å²) in [6.07, 6.45) is -13.0. The fraction of sp³-hybridized carbons (Fsp3) is 0.750. The molecule has 0 heterocycles. The average Bonchev–Trinajstić information content (AvgIpc) is 2.10. The molecule has 0 aliphatic carbocycles. The molecule has 0 aromatic carbocycles. The van der Waals surface area contributed by atoms with Crippen LogP contribution in [0.15, 0.2) is 0 Å². The van der Waals surface area contributed by atoms with Crippen LogP contribution in [-0.4, -0.2) is 37.4 Å². The fourth-order valence-corrected chi connectivity index (χ4v) is 0.327. The minimum atomic E-state index is -4.64.